The number of hydroxylamine groups is 2. The average molecular weight is 99.1 g/mol. The predicted octanol–water partition coefficient (Wildman–Crippen LogP) is -0.696. The molecule has 0 aromatic carbocycles. The molecule has 0 bridgehead atoms. The zero-order chi connectivity index (χ0) is 5.07. The van der Waals surface area contributed by atoms with Crippen molar-refractivity contribution in [2.24, 2.45) is 0 Å². The first-order chi connectivity index (χ1) is 3.31. The molecule has 2 heteroatoms. The lowest BCUT2D eigenvalue weighted by molar-refractivity contribution is -0.778. The van der Waals surface area contributed by atoms with E-state index in [1.807, 2.05) is 0 Å². The van der Waals surface area contributed by atoms with Crippen LogP contribution in [0.5, 0.6) is 0 Å². The van der Waals surface area contributed by atoms with Gasteiger partial charge in [-0.1, -0.05) is 6.92 Å². The number of hydrogen-bond acceptors (Lipinski definition) is 1. The third-order valence-electron chi connectivity index (χ3n) is 2.43. The Balaban J connectivity index is 2.08. The molecule has 1 heterocycles. The predicted molar refractivity (Wildman–Crippen MR) is 25.8 cm³/mol. The van der Waals surface area contributed by atoms with Crippen LogP contribution in [0.15, 0.2) is 0 Å². The molecule has 0 radical (unpaired) electrons. The van der Waals surface area contributed by atoms with Gasteiger partial charge in [0.25, 0.3) is 0 Å². The van der Waals surface area contributed by atoms with Crippen LogP contribution >= 0.6 is 0 Å². The largest absolute Gasteiger partial charge is 0.633 e. The number of nitrogens with one attached hydrogen (secondary N) is 1. The topological polar surface area (TPSA) is 27.5 Å². The van der Waals surface area contributed by atoms with E-state index in [1.165, 1.54) is 6.42 Å². The highest BCUT2D eigenvalue weighted by molar-refractivity contribution is 5.16. The lowest BCUT2D eigenvalue weighted by atomic mass is 10.3. The molecule has 0 amide bonds. The lowest BCUT2D eigenvalue weighted by Gasteiger charge is -2.09. The summed E-state index contributed by atoms with van der Waals surface area (Å²) >= 11 is 0. The van der Waals surface area contributed by atoms with Gasteiger partial charge in [0, 0.05) is 6.42 Å². The molecule has 40 valence electrons. The minimum atomic E-state index is 0.278. The van der Waals surface area contributed by atoms with Gasteiger partial charge in [-0.3, -0.25) is 0 Å². The van der Waals surface area contributed by atoms with Crippen LogP contribution < -0.4 is 5.06 Å². The first-order valence-electron chi connectivity index (χ1n) is 2.85. The van der Waals surface area contributed by atoms with Crippen molar-refractivity contribution in [3.63, 3.8) is 0 Å². The molecule has 0 spiro atoms. The summed E-state index contributed by atoms with van der Waals surface area (Å²) < 4.78 is 0. The Bertz CT molecular complexity index is 109. The van der Waals surface area contributed by atoms with Crippen LogP contribution in [0.25, 0.3) is 0 Å². The number of fused-ring (bicyclic) bond motifs is 1. The van der Waals surface area contributed by atoms with E-state index in [0.717, 1.165) is 6.42 Å². The van der Waals surface area contributed by atoms with Gasteiger partial charge in [0.2, 0.25) is 0 Å². The van der Waals surface area contributed by atoms with Crippen molar-refractivity contribution in [1.29, 1.82) is 0 Å². The van der Waals surface area contributed by atoms with E-state index in [9.17, 15) is 5.21 Å². The maximum Gasteiger partial charge on any atom is 0.156 e. The van der Waals surface area contributed by atoms with Gasteiger partial charge in [0.05, 0.1) is 6.42 Å². The highest BCUT2D eigenvalue weighted by atomic mass is 16.5. The van der Waals surface area contributed by atoms with E-state index in [0.29, 0.717) is 11.1 Å². The standard InChI is InChI=1S/C5H9NO/c1-2-5-3-4(5)6(5)7/h4,6H,2-3H2,1H3. The van der Waals surface area contributed by atoms with Crippen LogP contribution in [0.1, 0.15) is 19.8 Å². The molecule has 1 N–H and O–H groups in total. The molecule has 2 fully saturated rings. The van der Waals surface area contributed by atoms with Crippen molar-refractivity contribution in [2.45, 2.75) is 31.3 Å². The van der Waals surface area contributed by atoms with Crippen LogP contribution in [0, 0.1) is 5.21 Å². The average Bonchev–Trinajstić information content (AvgIpc) is 2.49. The van der Waals surface area contributed by atoms with Crippen LogP contribution in [0.3, 0.4) is 0 Å². The third-order valence-corrected chi connectivity index (χ3v) is 2.43. The van der Waals surface area contributed by atoms with E-state index >= 15 is 0 Å². The van der Waals surface area contributed by atoms with Gasteiger partial charge in [-0.05, 0) is 0 Å². The van der Waals surface area contributed by atoms with Crippen molar-refractivity contribution in [2.75, 3.05) is 0 Å². The summed E-state index contributed by atoms with van der Waals surface area (Å²) in [6, 6.07) is 0.539. The summed E-state index contributed by atoms with van der Waals surface area (Å²) in [5, 5.41) is 11.0. The van der Waals surface area contributed by atoms with E-state index in [2.05, 4.69) is 6.92 Å². The second-order valence-electron chi connectivity index (χ2n) is 2.63. The van der Waals surface area contributed by atoms with Crippen molar-refractivity contribution < 1.29 is 5.06 Å². The third kappa shape index (κ3) is 0.229. The zero-order valence-electron chi connectivity index (χ0n) is 4.40. The smallest absolute Gasteiger partial charge is 0.156 e. The Labute approximate surface area is 42.7 Å². The van der Waals surface area contributed by atoms with Crippen molar-refractivity contribution >= 4 is 0 Å². The van der Waals surface area contributed by atoms with Gasteiger partial charge < -0.3 is 10.3 Å². The second kappa shape index (κ2) is 0.740. The Hall–Kier alpha value is -0.0800. The van der Waals surface area contributed by atoms with Gasteiger partial charge >= 0.3 is 0 Å². The van der Waals surface area contributed by atoms with Crippen molar-refractivity contribution in [1.82, 2.24) is 0 Å². The van der Waals surface area contributed by atoms with Crippen molar-refractivity contribution in [3.05, 3.63) is 5.21 Å². The number of quaternary nitrogens is 1. The van der Waals surface area contributed by atoms with Gasteiger partial charge in [-0.2, -0.15) is 0 Å². The van der Waals surface area contributed by atoms with E-state index in [1.54, 1.807) is 0 Å². The monoisotopic (exact) mass is 99.1 g/mol. The maximum atomic E-state index is 10.5. The Morgan fingerprint density at radius 2 is 2.57 bits per heavy atom. The van der Waals surface area contributed by atoms with Gasteiger partial charge in [0.15, 0.2) is 5.54 Å². The van der Waals surface area contributed by atoms with Crippen LogP contribution in [0.4, 0.5) is 0 Å². The molecular weight excluding hydrogens is 90.1 g/mol. The van der Waals surface area contributed by atoms with Crippen molar-refractivity contribution in [3.8, 4) is 0 Å². The fourth-order valence-corrected chi connectivity index (χ4v) is 1.39. The van der Waals surface area contributed by atoms with Crippen LogP contribution in [-0.2, 0) is 0 Å². The van der Waals surface area contributed by atoms with Crippen LogP contribution in [0.2, 0.25) is 0 Å². The van der Waals surface area contributed by atoms with Gasteiger partial charge in [-0.15, -0.1) is 0 Å². The molecule has 3 unspecified atom stereocenters. The SMILES string of the molecule is CCC12CC1[NH+]2[O-]. The molecule has 2 aliphatic rings. The van der Waals surface area contributed by atoms with E-state index in [-0.39, 0.29) is 5.54 Å². The normalized spacial score (nSPS) is 64.3. The molecule has 0 aromatic heterocycles. The first kappa shape index (κ1) is 3.87. The Kier molecular flexibility index (Phi) is 0.408. The number of hydrogen-bond donors (Lipinski definition) is 1. The molecular formula is C5H9NO. The molecule has 1 aliphatic heterocycles. The van der Waals surface area contributed by atoms with E-state index < -0.39 is 0 Å². The van der Waals surface area contributed by atoms with Gasteiger partial charge in [0.1, 0.15) is 6.04 Å². The zero-order valence-corrected chi connectivity index (χ0v) is 4.40. The minimum absolute atomic E-state index is 0.278. The fraction of sp³-hybridized carbons (Fsp3) is 1.00. The maximum absolute atomic E-state index is 10.5. The summed E-state index contributed by atoms with van der Waals surface area (Å²) in [6.45, 7) is 2.10. The Morgan fingerprint density at radius 1 is 2.00 bits per heavy atom. The molecule has 2 rings (SSSR count). The molecule has 1 saturated carbocycles. The summed E-state index contributed by atoms with van der Waals surface area (Å²) in [5.74, 6) is 0. The van der Waals surface area contributed by atoms with Crippen LogP contribution in [-0.4, -0.2) is 11.6 Å². The number of rotatable bonds is 1. The molecule has 0 aromatic rings. The minimum Gasteiger partial charge on any atom is -0.633 e. The summed E-state index contributed by atoms with van der Waals surface area (Å²) in [4.78, 5) is 0. The highest BCUT2D eigenvalue weighted by Crippen LogP contribution is 2.45. The summed E-state index contributed by atoms with van der Waals surface area (Å²) in [5.41, 5.74) is 0.278. The fourth-order valence-electron chi connectivity index (χ4n) is 1.39. The second-order valence-corrected chi connectivity index (χ2v) is 2.63. The summed E-state index contributed by atoms with van der Waals surface area (Å²) in [6.07, 6.45) is 2.30. The molecule has 1 saturated heterocycles. The summed E-state index contributed by atoms with van der Waals surface area (Å²) in [7, 11) is 0. The molecule has 3 atom stereocenters. The Morgan fingerprint density at radius 3 is 2.57 bits per heavy atom. The highest BCUT2D eigenvalue weighted by Gasteiger charge is 2.80. The lowest BCUT2D eigenvalue weighted by Crippen LogP contribution is -2.97. The van der Waals surface area contributed by atoms with Gasteiger partial charge in [-0.25, -0.2) is 0 Å². The molecule has 2 nitrogen and oxygen atoms in total. The molecule has 1 aliphatic carbocycles. The van der Waals surface area contributed by atoms with E-state index in [4.69, 9.17) is 0 Å². The quantitative estimate of drug-likeness (QED) is 0.342. The molecule has 7 heavy (non-hydrogen) atoms. The first-order valence-corrected chi connectivity index (χ1v) is 2.85.